The molecule has 0 unspecified atom stereocenters. The van der Waals surface area contributed by atoms with Crippen LogP contribution in [0.4, 0.5) is 0 Å². The number of aliphatic hydroxyl groups is 2. The van der Waals surface area contributed by atoms with Crippen molar-refractivity contribution in [1.29, 1.82) is 0 Å². The van der Waals surface area contributed by atoms with Crippen molar-refractivity contribution >= 4 is 11.0 Å². The molecule has 1 heterocycles. The quantitative estimate of drug-likeness (QED) is 0.757. The molecule has 5 heteroatoms. The highest BCUT2D eigenvalue weighted by Gasteiger charge is 2.60. The van der Waals surface area contributed by atoms with Gasteiger partial charge in [0.2, 0.25) is 0 Å². The molecule has 2 aliphatic carbocycles. The van der Waals surface area contributed by atoms with E-state index in [2.05, 4.69) is 20.8 Å². The van der Waals surface area contributed by atoms with Crippen LogP contribution in [0.1, 0.15) is 53.4 Å². The van der Waals surface area contributed by atoms with Crippen LogP contribution >= 0.6 is 0 Å². The van der Waals surface area contributed by atoms with Gasteiger partial charge in [0.25, 0.3) is 0 Å². The zero-order valence-electron chi connectivity index (χ0n) is 17.8. The summed E-state index contributed by atoms with van der Waals surface area (Å²) < 4.78 is 11.4. The monoisotopic (exact) mass is 400 g/mol. The first-order valence-corrected chi connectivity index (χ1v) is 10.6. The van der Waals surface area contributed by atoms with Crippen molar-refractivity contribution in [3.05, 3.63) is 40.8 Å². The Bertz CT molecular complexity index is 959. The zero-order chi connectivity index (χ0) is 21.0. The molecular formula is C24H32O5. The van der Waals surface area contributed by atoms with E-state index in [-0.39, 0.29) is 28.5 Å². The number of rotatable bonds is 3. The Labute approximate surface area is 171 Å². The minimum atomic E-state index is -0.812. The molecule has 2 saturated carbocycles. The van der Waals surface area contributed by atoms with Crippen LogP contribution in [0, 0.1) is 22.7 Å². The SMILES string of the molecule is CC1(C)[C@@H](O)CC[C@]2(C)[C@@H](COc3ccc4oc(=O)ccc4c3)[C@@](C)(O)CC[C@@H]12. The molecule has 158 valence electrons. The van der Waals surface area contributed by atoms with E-state index in [9.17, 15) is 15.0 Å². The Hall–Kier alpha value is -1.85. The Morgan fingerprint density at radius 1 is 1.10 bits per heavy atom. The highest BCUT2D eigenvalue weighted by atomic mass is 16.5. The van der Waals surface area contributed by atoms with Gasteiger partial charge in [0.05, 0.1) is 18.3 Å². The van der Waals surface area contributed by atoms with E-state index in [0.29, 0.717) is 30.3 Å². The Morgan fingerprint density at radius 3 is 2.62 bits per heavy atom. The Morgan fingerprint density at radius 2 is 1.86 bits per heavy atom. The lowest BCUT2D eigenvalue weighted by atomic mass is 9.45. The number of fused-ring (bicyclic) bond motifs is 2. The molecule has 5 nitrogen and oxygen atoms in total. The number of ether oxygens (including phenoxy) is 1. The molecule has 0 amide bonds. The summed E-state index contributed by atoms with van der Waals surface area (Å²) in [6, 6.07) is 8.54. The van der Waals surface area contributed by atoms with Crippen LogP contribution in [-0.2, 0) is 0 Å². The van der Waals surface area contributed by atoms with Crippen molar-refractivity contribution in [1.82, 2.24) is 0 Å². The summed E-state index contributed by atoms with van der Waals surface area (Å²) in [6.45, 7) is 8.93. The molecular weight excluding hydrogens is 368 g/mol. The fraction of sp³-hybridized carbons (Fsp3) is 0.625. The number of hydrogen-bond acceptors (Lipinski definition) is 5. The third kappa shape index (κ3) is 3.38. The second kappa shape index (κ2) is 6.85. The first-order valence-electron chi connectivity index (χ1n) is 10.6. The van der Waals surface area contributed by atoms with Crippen LogP contribution in [0.2, 0.25) is 0 Å². The summed E-state index contributed by atoms with van der Waals surface area (Å²) in [5, 5.41) is 22.7. The molecule has 0 saturated heterocycles. The molecule has 2 N–H and O–H groups in total. The van der Waals surface area contributed by atoms with Crippen molar-refractivity contribution in [2.45, 2.75) is 65.1 Å². The Kier molecular flexibility index (Phi) is 4.82. The average Bonchev–Trinajstić information content (AvgIpc) is 2.64. The predicted molar refractivity (Wildman–Crippen MR) is 112 cm³/mol. The highest BCUT2D eigenvalue weighted by molar-refractivity contribution is 5.77. The molecule has 1 aromatic heterocycles. The van der Waals surface area contributed by atoms with Gasteiger partial charge in [-0.15, -0.1) is 0 Å². The maximum Gasteiger partial charge on any atom is 0.336 e. The lowest BCUT2D eigenvalue weighted by molar-refractivity contribution is -0.201. The molecule has 2 aromatic rings. The van der Waals surface area contributed by atoms with E-state index in [0.717, 1.165) is 24.6 Å². The van der Waals surface area contributed by atoms with E-state index in [1.807, 2.05) is 13.0 Å². The van der Waals surface area contributed by atoms with E-state index >= 15 is 0 Å². The van der Waals surface area contributed by atoms with Crippen LogP contribution < -0.4 is 10.4 Å². The molecule has 0 radical (unpaired) electrons. The van der Waals surface area contributed by atoms with E-state index < -0.39 is 5.60 Å². The van der Waals surface area contributed by atoms with E-state index in [4.69, 9.17) is 9.15 Å². The van der Waals surface area contributed by atoms with Gasteiger partial charge in [-0.25, -0.2) is 4.79 Å². The van der Waals surface area contributed by atoms with Crippen molar-refractivity contribution < 1.29 is 19.4 Å². The summed E-state index contributed by atoms with van der Waals surface area (Å²) in [4.78, 5) is 11.4. The Balaban J connectivity index is 1.60. The van der Waals surface area contributed by atoms with Crippen molar-refractivity contribution in [3.63, 3.8) is 0 Å². The first-order chi connectivity index (χ1) is 13.5. The van der Waals surface area contributed by atoms with Gasteiger partial charge in [0, 0.05) is 17.4 Å². The van der Waals surface area contributed by atoms with E-state index in [1.54, 1.807) is 18.2 Å². The van der Waals surface area contributed by atoms with Gasteiger partial charge in [0.1, 0.15) is 11.3 Å². The topological polar surface area (TPSA) is 79.9 Å². The van der Waals surface area contributed by atoms with Gasteiger partial charge < -0.3 is 19.4 Å². The molecule has 0 bridgehead atoms. The second-order valence-electron chi connectivity index (χ2n) is 10.1. The second-order valence-corrected chi connectivity index (χ2v) is 10.1. The minimum absolute atomic E-state index is 0.0371. The molecule has 0 spiro atoms. The molecule has 5 atom stereocenters. The molecule has 1 aromatic carbocycles. The number of hydrogen-bond donors (Lipinski definition) is 2. The number of benzene rings is 1. The van der Waals surface area contributed by atoms with Gasteiger partial charge in [-0.2, -0.15) is 0 Å². The summed E-state index contributed by atoms with van der Waals surface area (Å²) >= 11 is 0. The minimum Gasteiger partial charge on any atom is -0.493 e. The third-order valence-corrected chi connectivity index (χ3v) is 8.00. The lowest BCUT2D eigenvalue weighted by Gasteiger charge is -2.62. The van der Waals surface area contributed by atoms with Crippen LogP contribution in [0.5, 0.6) is 5.75 Å². The predicted octanol–water partition coefficient (Wildman–Crippen LogP) is 4.14. The summed E-state index contributed by atoms with van der Waals surface area (Å²) in [7, 11) is 0. The van der Waals surface area contributed by atoms with Crippen molar-refractivity contribution in [3.8, 4) is 5.75 Å². The van der Waals surface area contributed by atoms with Crippen molar-refractivity contribution in [2.75, 3.05) is 6.61 Å². The lowest BCUT2D eigenvalue weighted by Crippen LogP contribution is -2.61. The van der Waals surface area contributed by atoms with Crippen LogP contribution in [0.3, 0.4) is 0 Å². The zero-order valence-corrected chi connectivity index (χ0v) is 17.8. The van der Waals surface area contributed by atoms with Gasteiger partial charge in [-0.3, -0.25) is 0 Å². The maximum absolute atomic E-state index is 11.4. The van der Waals surface area contributed by atoms with E-state index in [1.165, 1.54) is 6.07 Å². The van der Waals surface area contributed by atoms with Gasteiger partial charge >= 0.3 is 5.63 Å². The van der Waals surface area contributed by atoms with Gasteiger partial charge in [0.15, 0.2) is 0 Å². The fourth-order valence-corrected chi connectivity index (χ4v) is 6.21. The average molecular weight is 401 g/mol. The van der Waals surface area contributed by atoms with Crippen LogP contribution in [-0.4, -0.2) is 28.5 Å². The summed E-state index contributed by atoms with van der Waals surface area (Å²) in [5.74, 6) is 0.992. The van der Waals surface area contributed by atoms with Crippen LogP contribution in [0.25, 0.3) is 11.0 Å². The molecule has 2 fully saturated rings. The normalized spacial score (nSPS) is 36.6. The standard InChI is InChI=1S/C24H32O5/c1-22(2)18-9-12-24(4,27)19(23(18,3)11-10-20(22)25)14-28-16-6-7-17-15(13-16)5-8-21(26)29-17/h5-8,13,18-20,25,27H,9-12,14H2,1-4H3/t18-,19+,20-,23-,24-/m0/s1. The third-order valence-electron chi connectivity index (χ3n) is 8.00. The molecule has 0 aliphatic heterocycles. The smallest absolute Gasteiger partial charge is 0.336 e. The first kappa shape index (κ1) is 20.4. The molecule has 29 heavy (non-hydrogen) atoms. The van der Waals surface area contributed by atoms with Gasteiger partial charge in [-0.1, -0.05) is 20.8 Å². The van der Waals surface area contributed by atoms with Gasteiger partial charge in [-0.05, 0) is 73.6 Å². The summed E-state index contributed by atoms with van der Waals surface area (Å²) in [6.07, 6.45) is 2.95. The largest absolute Gasteiger partial charge is 0.493 e. The maximum atomic E-state index is 11.4. The number of aliphatic hydroxyl groups excluding tert-OH is 1. The summed E-state index contributed by atoms with van der Waals surface area (Å²) in [5.41, 5.74) is -0.932. The van der Waals surface area contributed by atoms with Crippen LogP contribution in [0.15, 0.2) is 39.5 Å². The molecule has 2 aliphatic rings. The fourth-order valence-electron chi connectivity index (χ4n) is 6.21. The highest BCUT2D eigenvalue weighted by Crippen LogP contribution is 2.61. The van der Waals surface area contributed by atoms with Crippen molar-refractivity contribution in [2.24, 2.45) is 22.7 Å². The molecule has 4 rings (SSSR count).